The van der Waals surface area contributed by atoms with Gasteiger partial charge in [0, 0.05) is 5.56 Å². The first-order valence-electron chi connectivity index (χ1n) is 3.53. The second-order valence-electron chi connectivity index (χ2n) is 2.41. The highest BCUT2D eigenvalue weighted by Crippen LogP contribution is 2.27. The number of hydrogen-bond donors (Lipinski definition) is 0. The summed E-state index contributed by atoms with van der Waals surface area (Å²) in [6.07, 6.45) is -4.90. The standard InChI is InChI=1S/C8H5ClF4O/c9-4-5-2-1-3-6(7(5)10)14-8(11,12)13/h1-3H,4H2. The van der Waals surface area contributed by atoms with E-state index in [2.05, 4.69) is 4.74 Å². The molecule has 0 aromatic heterocycles. The quantitative estimate of drug-likeness (QED) is 0.556. The van der Waals surface area contributed by atoms with Gasteiger partial charge in [0.1, 0.15) is 0 Å². The number of rotatable bonds is 2. The van der Waals surface area contributed by atoms with E-state index in [1.807, 2.05) is 0 Å². The lowest BCUT2D eigenvalue weighted by atomic mass is 10.2. The zero-order valence-electron chi connectivity index (χ0n) is 6.74. The van der Waals surface area contributed by atoms with E-state index in [0.29, 0.717) is 0 Å². The molecule has 0 aliphatic rings. The number of hydrogen-bond acceptors (Lipinski definition) is 1. The van der Waals surface area contributed by atoms with E-state index >= 15 is 0 Å². The van der Waals surface area contributed by atoms with E-state index in [4.69, 9.17) is 11.6 Å². The molecule has 1 aromatic rings. The summed E-state index contributed by atoms with van der Waals surface area (Å²) >= 11 is 5.30. The summed E-state index contributed by atoms with van der Waals surface area (Å²) in [6.45, 7) is 0. The van der Waals surface area contributed by atoms with Crippen molar-refractivity contribution in [3.8, 4) is 5.75 Å². The Morgan fingerprint density at radius 1 is 1.29 bits per heavy atom. The lowest BCUT2D eigenvalue weighted by Crippen LogP contribution is -2.18. The van der Waals surface area contributed by atoms with Crippen molar-refractivity contribution in [1.82, 2.24) is 0 Å². The molecule has 0 aliphatic heterocycles. The highest BCUT2D eigenvalue weighted by atomic mass is 35.5. The van der Waals surface area contributed by atoms with Gasteiger partial charge < -0.3 is 4.74 Å². The van der Waals surface area contributed by atoms with Crippen molar-refractivity contribution in [3.05, 3.63) is 29.6 Å². The van der Waals surface area contributed by atoms with E-state index in [9.17, 15) is 17.6 Å². The van der Waals surface area contributed by atoms with Gasteiger partial charge in [-0.2, -0.15) is 0 Å². The molecule has 6 heteroatoms. The van der Waals surface area contributed by atoms with Crippen LogP contribution in [0, 0.1) is 5.82 Å². The topological polar surface area (TPSA) is 9.23 Å². The molecule has 0 atom stereocenters. The molecule has 0 unspecified atom stereocenters. The van der Waals surface area contributed by atoms with Crippen LogP contribution in [-0.4, -0.2) is 6.36 Å². The van der Waals surface area contributed by atoms with Crippen molar-refractivity contribution in [2.75, 3.05) is 0 Å². The monoisotopic (exact) mass is 228 g/mol. The molecule has 1 aromatic carbocycles. The Balaban J connectivity index is 2.98. The Kier molecular flexibility index (Phi) is 3.21. The Morgan fingerprint density at radius 3 is 2.43 bits per heavy atom. The molecule has 78 valence electrons. The molecule has 0 N–H and O–H groups in total. The fourth-order valence-corrected chi connectivity index (χ4v) is 1.07. The fourth-order valence-electron chi connectivity index (χ4n) is 0.863. The molecule has 1 rings (SSSR count). The molecule has 0 saturated carbocycles. The summed E-state index contributed by atoms with van der Waals surface area (Å²) in [5, 5.41) is 0. The maximum absolute atomic E-state index is 13.1. The average molecular weight is 229 g/mol. The highest BCUT2D eigenvalue weighted by Gasteiger charge is 2.32. The molecule has 0 spiro atoms. The third kappa shape index (κ3) is 2.77. The Morgan fingerprint density at radius 2 is 1.93 bits per heavy atom. The summed E-state index contributed by atoms with van der Waals surface area (Å²) in [4.78, 5) is 0. The Labute approximate surface area is 82.2 Å². The minimum absolute atomic E-state index is 0.0339. The third-order valence-electron chi connectivity index (χ3n) is 1.41. The van der Waals surface area contributed by atoms with Crippen molar-refractivity contribution in [3.63, 3.8) is 0 Å². The summed E-state index contributed by atoms with van der Waals surface area (Å²) < 4.78 is 51.7. The second kappa shape index (κ2) is 4.04. The van der Waals surface area contributed by atoms with E-state index in [0.717, 1.165) is 6.07 Å². The molecular weight excluding hydrogens is 224 g/mol. The van der Waals surface area contributed by atoms with Crippen LogP contribution < -0.4 is 4.74 Å². The molecule has 0 fully saturated rings. The van der Waals surface area contributed by atoms with Gasteiger partial charge in [-0.1, -0.05) is 12.1 Å². The molecule has 0 heterocycles. The summed E-state index contributed by atoms with van der Waals surface area (Å²) in [7, 11) is 0. The van der Waals surface area contributed by atoms with Crippen molar-refractivity contribution in [2.45, 2.75) is 12.2 Å². The first-order chi connectivity index (χ1) is 6.44. The molecule has 0 saturated heterocycles. The van der Waals surface area contributed by atoms with Crippen molar-refractivity contribution >= 4 is 11.6 Å². The van der Waals surface area contributed by atoms with Crippen LogP contribution in [-0.2, 0) is 5.88 Å². The lowest BCUT2D eigenvalue weighted by molar-refractivity contribution is -0.275. The zero-order valence-corrected chi connectivity index (χ0v) is 7.49. The molecule has 14 heavy (non-hydrogen) atoms. The highest BCUT2D eigenvalue weighted by molar-refractivity contribution is 6.17. The van der Waals surface area contributed by atoms with Gasteiger partial charge in [-0.05, 0) is 6.07 Å². The van der Waals surface area contributed by atoms with Gasteiger partial charge in [0.25, 0.3) is 0 Å². The van der Waals surface area contributed by atoms with Crippen LogP contribution >= 0.6 is 11.6 Å². The van der Waals surface area contributed by atoms with Gasteiger partial charge in [0.2, 0.25) is 0 Å². The van der Waals surface area contributed by atoms with E-state index < -0.39 is 17.9 Å². The molecule has 0 aliphatic carbocycles. The maximum Gasteiger partial charge on any atom is 0.573 e. The molecule has 1 nitrogen and oxygen atoms in total. The van der Waals surface area contributed by atoms with Crippen LogP contribution in [0.4, 0.5) is 17.6 Å². The van der Waals surface area contributed by atoms with Crippen LogP contribution in [0.1, 0.15) is 5.56 Å². The Hall–Kier alpha value is -0.970. The third-order valence-corrected chi connectivity index (χ3v) is 1.70. The minimum Gasteiger partial charge on any atom is -0.403 e. The van der Waals surface area contributed by atoms with Crippen LogP contribution in [0.3, 0.4) is 0 Å². The molecular formula is C8H5ClF4O. The number of halogens is 5. The van der Waals surface area contributed by atoms with Crippen molar-refractivity contribution in [2.24, 2.45) is 0 Å². The van der Waals surface area contributed by atoms with Crippen molar-refractivity contribution < 1.29 is 22.3 Å². The normalized spacial score (nSPS) is 11.5. The maximum atomic E-state index is 13.1. The molecule has 0 radical (unpaired) electrons. The number of ether oxygens (including phenoxy) is 1. The summed E-state index contributed by atoms with van der Waals surface area (Å²) in [5.74, 6) is -2.16. The predicted octanol–water partition coefficient (Wildman–Crippen LogP) is 3.46. The zero-order chi connectivity index (χ0) is 10.8. The first-order valence-corrected chi connectivity index (χ1v) is 4.06. The minimum atomic E-state index is -4.90. The van der Waals surface area contributed by atoms with Crippen LogP contribution in [0.15, 0.2) is 18.2 Å². The van der Waals surface area contributed by atoms with Crippen LogP contribution in [0.5, 0.6) is 5.75 Å². The number of alkyl halides is 4. The van der Waals surface area contributed by atoms with Crippen molar-refractivity contribution in [1.29, 1.82) is 0 Å². The van der Waals surface area contributed by atoms with Gasteiger partial charge in [0.05, 0.1) is 5.88 Å². The van der Waals surface area contributed by atoms with Gasteiger partial charge in [-0.25, -0.2) is 4.39 Å². The fraction of sp³-hybridized carbons (Fsp3) is 0.250. The molecule has 0 amide bonds. The first kappa shape index (κ1) is 11.1. The van der Waals surface area contributed by atoms with Crippen LogP contribution in [0.25, 0.3) is 0 Å². The van der Waals surface area contributed by atoms with Gasteiger partial charge in [-0.3, -0.25) is 0 Å². The molecule has 0 bridgehead atoms. The Bertz CT molecular complexity index is 324. The van der Waals surface area contributed by atoms with Crippen LogP contribution in [0.2, 0.25) is 0 Å². The SMILES string of the molecule is Fc1c(CCl)cccc1OC(F)(F)F. The van der Waals surface area contributed by atoms with Gasteiger partial charge in [0.15, 0.2) is 11.6 Å². The lowest BCUT2D eigenvalue weighted by Gasteiger charge is -2.10. The smallest absolute Gasteiger partial charge is 0.403 e. The van der Waals surface area contributed by atoms with E-state index in [1.165, 1.54) is 12.1 Å². The largest absolute Gasteiger partial charge is 0.573 e. The summed E-state index contributed by atoms with van der Waals surface area (Å²) in [5.41, 5.74) is -0.0339. The van der Waals surface area contributed by atoms with Gasteiger partial charge >= 0.3 is 6.36 Å². The summed E-state index contributed by atoms with van der Waals surface area (Å²) in [6, 6.07) is 3.41. The van der Waals surface area contributed by atoms with E-state index in [1.54, 1.807) is 0 Å². The number of benzene rings is 1. The predicted molar refractivity (Wildman–Crippen MR) is 42.6 cm³/mol. The average Bonchev–Trinajstić information content (AvgIpc) is 2.06. The second-order valence-corrected chi connectivity index (χ2v) is 2.68. The van der Waals surface area contributed by atoms with Gasteiger partial charge in [-0.15, -0.1) is 24.8 Å². The van der Waals surface area contributed by atoms with E-state index in [-0.39, 0.29) is 11.4 Å².